The van der Waals surface area contributed by atoms with Crippen molar-refractivity contribution in [3.8, 4) is 0 Å². The summed E-state index contributed by atoms with van der Waals surface area (Å²) >= 11 is 0. The zero-order chi connectivity index (χ0) is 10.8. The molecule has 2 rings (SSSR count). The van der Waals surface area contributed by atoms with E-state index in [9.17, 15) is 4.79 Å². The molecule has 2 N–H and O–H groups in total. The van der Waals surface area contributed by atoms with Crippen LogP contribution in [-0.4, -0.2) is 12.6 Å². The van der Waals surface area contributed by atoms with E-state index in [0.29, 0.717) is 13.0 Å². The summed E-state index contributed by atoms with van der Waals surface area (Å²) in [5.74, 6) is -0.386. The van der Waals surface area contributed by atoms with E-state index in [2.05, 4.69) is 0 Å². The average Bonchev–Trinajstić information content (AvgIpc) is 2.57. The van der Waals surface area contributed by atoms with E-state index in [0.717, 1.165) is 5.56 Å². The second kappa shape index (κ2) is 5.32. The Labute approximate surface area is 101 Å². The van der Waals surface area contributed by atoms with Gasteiger partial charge < -0.3 is 10.5 Å². The van der Waals surface area contributed by atoms with Crippen LogP contribution in [0, 0.1) is 5.92 Å². The highest BCUT2D eigenvalue weighted by atomic mass is 35.5. The lowest BCUT2D eigenvalue weighted by Gasteiger charge is -2.13. The Hall–Kier alpha value is -1.06. The molecule has 88 valence electrons. The first-order valence-electron chi connectivity index (χ1n) is 5.24. The van der Waals surface area contributed by atoms with Crippen LogP contribution in [0.4, 0.5) is 0 Å². The zero-order valence-electron chi connectivity index (χ0n) is 9.18. The van der Waals surface area contributed by atoms with Gasteiger partial charge in [0.25, 0.3) is 0 Å². The third-order valence-electron chi connectivity index (χ3n) is 2.88. The molecule has 0 radical (unpaired) electrons. The van der Waals surface area contributed by atoms with Crippen LogP contribution in [0.25, 0.3) is 0 Å². The summed E-state index contributed by atoms with van der Waals surface area (Å²) in [6.45, 7) is 2.23. The molecule has 0 spiro atoms. The summed E-state index contributed by atoms with van der Waals surface area (Å²) in [6.07, 6.45) is 0.705. The first-order chi connectivity index (χ1) is 7.24. The molecule has 0 unspecified atom stereocenters. The van der Waals surface area contributed by atoms with E-state index >= 15 is 0 Å². The number of carbonyl (C=O) groups is 1. The lowest BCUT2D eigenvalue weighted by molar-refractivity contribution is -0.148. The van der Waals surface area contributed by atoms with Crippen LogP contribution in [-0.2, 0) is 16.0 Å². The molecule has 1 aromatic carbocycles. The van der Waals surface area contributed by atoms with E-state index in [1.54, 1.807) is 0 Å². The number of halogens is 1. The van der Waals surface area contributed by atoms with Crippen LogP contribution in [0.1, 0.15) is 24.1 Å². The maximum atomic E-state index is 11.6. The predicted octanol–water partition coefficient (Wildman–Crippen LogP) is 1.84. The highest BCUT2D eigenvalue weighted by Crippen LogP contribution is 2.34. The molecule has 1 aliphatic carbocycles. The fraction of sp³-hybridized carbons (Fsp3) is 0.417. The molecule has 0 saturated heterocycles. The Bertz CT molecular complexity index is 381. The number of esters is 1. The largest absolute Gasteiger partial charge is 0.466 e. The van der Waals surface area contributed by atoms with Crippen LogP contribution >= 0.6 is 12.4 Å². The molecule has 1 aromatic rings. The fourth-order valence-corrected chi connectivity index (χ4v) is 2.11. The minimum absolute atomic E-state index is 0. The van der Waals surface area contributed by atoms with Crippen molar-refractivity contribution >= 4 is 18.4 Å². The van der Waals surface area contributed by atoms with Gasteiger partial charge in [-0.15, -0.1) is 12.4 Å². The van der Waals surface area contributed by atoms with E-state index in [1.807, 2.05) is 31.2 Å². The van der Waals surface area contributed by atoms with E-state index in [4.69, 9.17) is 10.5 Å². The Balaban J connectivity index is 0.00000128. The number of carbonyl (C=O) groups excluding carboxylic acids is 1. The average molecular weight is 242 g/mol. The molecule has 2 atom stereocenters. The monoisotopic (exact) mass is 241 g/mol. The lowest BCUT2D eigenvalue weighted by Crippen LogP contribution is -2.26. The van der Waals surface area contributed by atoms with Crippen molar-refractivity contribution in [3.05, 3.63) is 35.4 Å². The van der Waals surface area contributed by atoms with Crippen molar-refractivity contribution in [2.75, 3.05) is 6.61 Å². The molecule has 4 heteroatoms. The first-order valence-corrected chi connectivity index (χ1v) is 5.24. The van der Waals surface area contributed by atoms with Crippen molar-refractivity contribution in [2.45, 2.75) is 19.4 Å². The van der Waals surface area contributed by atoms with Gasteiger partial charge in [-0.1, -0.05) is 24.3 Å². The molecule has 0 heterocycles. The number of hydrogen-bond acceptors (Lipinski definition) is 3. The lowest BCUT2D eigenvalue weighted by atomic mass is 10.0. The van der Waals surface area contributed by atoms with Crippen LogP contribution < -0.4 is 5.73 Å². The van der Waals surface area contributed by atoms with Crippen LogP contribution in [0.15, 0.2) is 24.3 Å². The second-order valence-corrected chi connectivity index (χ2v) is 3.79. The number of nitrogens with two attached hydrogens (primary N) is 1. The molecule has 0 saturated carbocycles. The van der Waals surface area contributed by atoms with E-state index in [-0.39, 0.29) is 30.3 Å². The highest BCUT2D eigenvalue weighted by molar-refractivity contribution is 5.85. The van der Waals surface area contributed by atoms with Gasteiger partial charge in [-0.25, -0.2) is 0 Å². The summed E-state index contributed by atoms with van der Waals surface area (Å²) in [5, 5.41) is 0. The van der Waals surface area contributed by atoms with Crippen molar-refractivity contribution in [2.24, 2.45) is 11.7 Å². The smallest absolute Gasteiger partial charge is 0.311 e. The summed E-state index contributed by atoms with van der Waals surface area (Å²) in [7, 11) is 0. The number of fused-ring (bicyclic) bond motifs is 1. The summed E-state index contributed by atoms with van der Waals surface area (Å²) < 4.78 is 5.01. The first kappa shape index (κ1) is 13.0. The minimum Gasteiger partial charge on any atom is -0.466 e. The maximum Gasteiger partial charge on any atom is 0.311 e. The Kier molecular flexibility index (Phi) is 4.33. The van der Waals surface area contributed by atoms with Crippen LogP contribution in [0.5, 0.6) is 0 Å². The normalized spacial score (nSPS) is 22.1. The van der Waals surface area contributed by atoms with Crippen molar-refractivity contribution < 1.29 is 9.53 Å². The molecule has 16 heavy (non-hydrogen) atoms. The molecule has 0 aliphatic heterocycles. The SMILES string of the molecule is CCOC(=O)[C@@H]1Cc2ccccc2[C@@H]1N.Cl. The van der Waals surface area contributed by atoms with Gasteiger partial charge in [0.2, 0.25) is 0 Å². The molecule has 0 amide bonds. The Morgan fingerprint density at radius 3 is 2.81 bits per heavy atom. The molecular weight excluding hydrogens is 226 g/mol. The van der Waals surface area contributed by atoms with Gasteiger partial charge in [-0.2, -0.15) is 0 Å². The summed E-state index contributed by atoms with van der Waals surface area (Å²) in [6, 6.07) is 7.72. The van der Waals surface area contributed by atoms with Gasteiger partial charge in [0.15, 0.2) is 0 Å². The molecule has 0 fully saturated rings. The van der Waals surface area contributed by atoms with Gasteiger partial charge in [0.1, 0.15) is 0 Å². The van der Waals surface area contributed by atoms with E-state index < -0.39 is 0 Å². The molecular formula is C12H16ClNO2. The second-order valence-electron chi connectivity index (χ2n) is 3.79. The van der Waals surface area contributed by atoms with Gasteiger partial charge >= 0.3 is 5.97 Å². The number of ether oxygens (including phenoxy) is 1. The van der Waals surface area contributed by atoms with Crippen molar-refractivity contribution in [3.63, 3.8) is 0 Å². The minimum atomic E-state index is -0.208. The molecule has 1 aliphatic rings. The number of rotatable bonds is 2. The molecule has 3 nitrogen and oxygen atoms in total. The topological polar surface area (TPSA) is 52.3 Å². The number of benzene rings is 1. The van der Waals surface area contributed by atoms with E-state index in [1.165, 1.54) is 5.56 Å². The van der Waals surface area contributed by atoms with Gasteiger partial charge in [0, 0.05) is 6.04 Å². The number of hydrogen-bond donors (Lipinski definition) is 1. The Morgan fingerprint density at radius 2 is 2.19 bits per heavy atom. The standard InChI is InChI=1S/C12H15NO2.ClH/c1-2-15-12(14)10-7-8-5-3-4-6-9(8)11(10)13;/h3-6,10-11H,2,7,13H2,1H3;1H/t10-,11+;/m1./s1. The third kappa shape index (κ3) is 2.20. The molecule has 0 aromatic heterocycles. The zero-order valence-corrected chi connectivity index (χ0v) is 10.00. The third-order valence-corrected chi connectivity index (χ3v) is 2.88. The predicted molar refractivity (Wildman–Crippen MR) is 64.4 cm³/mol. The summed E-state index contributed by atoms with van der Waals surface area (Å²) in [5.41, 5.74) is 8.27. The van der Waals surface area contributed by atoms with Gasteiger partial charge in [-0.3, -0.25) is 4.79 Å². The fourth-order valence-electron chi connectivity index (χ4n) is 2.11. The maximum absolute atomic E-state index is 11.6. The van der Waals surface area contributed by atoms with Crippen molar-refractivity contribution in [1.82, 2.24) is 0 Å². The quantitative estimate of drug-likeness (QED) is 0.804. The van der Waals surface area contributed by atoms with Gasteiger partial charge in [0.05, 0.1) is 12.5 Å². The van der Waals surface area contributed by atoms with Gasteiger partial charge in [-0.05, 0) is 24.5 Å². The Morgan fingerprint density at radius 1 is 1.50 bits per heavy atom. The van der Waals surface area contributed by atoms with Crippen molar-refractivity contribution in [1.29, 1.82) is 0 Å². The highest BCUT2D eigenvalue weighted by Gasteiger charge is 2.35. The summed E-state index contributed by atoms with van der Waals surface area (Å²) in [4.78, 5) is 11.6. The molecule has 0 bridgehead atoms. The van der Waals surface area contributed by atoms with Crippen LogP contribution in [0.2, 0.25) is 0 Å². The van der Waals surface area contributed by atoms with Crippen LogP contribution in [0.3, 0.4) is 0 Å².